The van der Waals surface area contributed by atoms with Crippen LogP contribution in [0.15, 0.2) is 117 Å². The second-order valence-corrected chi connectivity index (χ2v) is 26.6. The lowest BCUT2D eigenvalue weighted by Gasteiger charge is -2.39. The quantitative estimate of drug-likeness (QED) is 0.0566. The summed E-state index contributed by atoms with van der Waals surface area (Å²) in [5.41, 5.74) is -1.18. The van der Waals surface area contributed by atoms with Gasteiger partial charge in [-0.15, -0.1) is 11.8 Å². The molecule has 2 aliphatic heterocycles. The molecular formula is C51H64ClF3N5O8PS3. The molecule has 0 spiro atoms. The minimum Gasteiger partial charge on any atom is -0.380 e. The van der Waals surface area contributed by atoms with Crippen molar-refractivity contribution in [3.8, 4) is 0 Å². The van der Waals surface area contributed by atoms with Gasteiger partial charge in [0.1, 0.15) is 4.90 Å². The summed E-state index contributed by atoms with van der Waals surface area (Å²) < 4.78 is 116. The van der Waals surface area contributed by atoms with Gasteiger partial charge in [-0.2, -0.15) is 13.2 Å². The lowest BCUT2D eigenvalue weighted by Crippen LogP contribution is -2.47. The average Bonchev–Trinajstić information content (AvgIpc) is 3.33. The van der Waals surface area contributed by atoms with Gasteiger partial charge in [0.05, 0.1) is 23.4 Å². The van der Waals surface area contributed by atoms with Gasteiger partial charge in [0.15, 0.2) is 0 Å². The Morgan fingerprint density at radius 3 is 2.22 bits per heavy atom. The van der Waals surface area contributed by atoms with Crippen LogP contribution in [0.5, 0.6) is 0 Å². The van der Waals surface area contributed by atoms with E-state index in [0.29, 0.717) is 55.7 Å². The molecule has 72 heavy (non-hydrogen) atoms. The Balaban J connectivity index is 1.01. The zero-order chi connectivity index (χ0) is 51.9. The van der Waals surface area contributed by atoms with E-state index in [2.05, 4.69) is 46.0 Å². The number of sulfonamides is 1. The lowest BCUT2D eigenvalue weighted by molar-refractivity contribution is -0.0436. The molecule has 2 fully saturated rings. The van der Waals surface area contributed by atoms with Crippen LogP contribution in [0.1, 0.15) is 75.2 Å². The Labute approximate surface area is 431 Å². The molecule has 0 aromatic heterocycles. The summed E-state index contributed by atoms with van der Waals surface area (Å²) in [7, 11) is -14.7. The standard InChI is InChI=1S/C51H64ClF3N5O8PS3/c1-4-68-69(62,63)35-37-21-25-58(26-22-37)27-23-42(36-70-44-8-6-5-7-9-44)56-47-19-18-45(32-48(47)71(64,65)51(53,54)55)72(66,67)57-49(61)39-12-16-43(17-13-39)60-30-28-59(29-31-60)34-40-33-50(2,3)24-20-46(40)38-10-14-41(52)15-11-38/h5-19,32,37,42,56H,4,20-31,33-36H2,1-3H3,(H,57,61)(H,62,63)/t42-/m1/s1. The van der Waals surface area contributed by atoms with E-state index >= 15 is 0 Å². The molecule has 21 heteroatoms. The average molecular weight is 1090 g/mol. The first-order chi connectivity index (χ1) is 34.0. The number of anilines is 2. The Kier molecular flexibility index (Phi) is 18.4. The van der Waals surface area contributed by atoms with E-state index in [9.17, 15) is 44.3 Å². The van der Waals surface area contributed by atoms with E-state index in [0.717, 1.165) is 74.7 Å². The van der Waals surface area contributed by atoms with Gasteiger partial charge in [0.2, 0.25) is 0 Å². The van der Waals surface area contributed by atoms with Crippen LogP contribution in [0.3, 0.4) is 0 Å². The van der Waals surface area contributed by atoms with E-state index in [-0.39, 0.29) is 29.7 Å². The number of likely N-dealkylation sites (tertiary alicyclic amines) is 1. The fraction of sp³-hybridized carbons (Fsp3) is 0.471. The number of allylic oxidation sites excluding steroid dienone is 1. The highest BCUT2D eigenvalue weighted by Gasteiger charge is 2.48. The maximum absolute atomic E-state index is 14.3. The molecule has 1 unspecified atom stereocenters. The van der Waals surface area contributed by atoms with Crippen molar-refractivity contribution in [2.24, 2.45) is 11.3 Å². The molecule has 0 bridgehead atoms. The van der Waals surface area contributed by atoms with Gasteiger partial charge in [-0.3, -0.25) is 14.3 Å². The van der Waals surface area contributed by atoms with Crippen molar-refractivity contribution >= 4 is 73.7 Å². The van der Waals surface area contributed by atoms with Crippen molar-refractivity contribution < 1.29 is 48.8 Å². The number of alkyl halides is 3. The van der Waals surface area contributed by atoms with Gasteiger partial charge in [-0.1, -0.05) is 61.4 Å². The first-order valence-corrected chi connectivity index (χ1v) is 30.3. The van der Waals surface area contributed by atoms with Gasteiger partial charge in [-0.05, 0) is 148 Å². The molecule has 2 heterocycles. The van der Waals surface area contributed by atoms with E-state index in [1.54, 1.807) is 19.1 Å². The minimum absolute atomic E-state index is 0.0153. The number of hydrogen-bond donors (Lipinski definition) is 3. The van der Waals surface area contributed by atoms with Crippen LogP contribution in [0.2, 0.25) is 5.02 Å². The fourth-order valence-electron chi connectivity index (χ4n) is 9.64. The van der Waals surface area contributed by atoms with Gasteiger partial charge < -0.3 is 24.5 Å². The van der Waals surface area contributed by atoms with Gasteiger partial charge in [0, 0.05) is 72.2 Å². The molecule has 2 saturated heterocycles. The summed E-state index contributed by atoms with van der Waals surface area (Å²) in [5.74, 6) is -0.753. The van der Waals surface area contributed by atoms with Gasteiger partial charge >= 0.3 is 13.1 Å². The molecule has 4 aromatic carbocycles. The largest absolute Gasteiger partial charge is 0.501 e. The van der Waals surface area contributed by atoms with Crippen molar-refractivity contribution in [2.45, 2.75) is 85.5 Å². The third kappa shape index (κ3) is 14.9. The third-order valence-corrected chi connectivity index (χ3v) is 19.5. The predicted octanol–water partition coefficient (Wildman–Crippen LogP) is 10.4. The number of sulfone groups is 1. The van der Waals surface area contributed by atoms with Crippen LogP contribution < -0.4 is 14.9 Å². The number of halogens is 4. The summed E-state index contributed by atoms with van der Waals surface area (Å²) in [6.07, 6.45) is 4.83. The van der Waals surface area contributed by atoms with E-state index < -0.39 is 60.4 Å². The smallest absolute Gasteiger partial charge is 0.380 e. The zero-order valence-electron chi connectivity index (χ0n) is 40.7. The minimum atomic E-state index is -6.12. The van der Waals surface area contributed by atoms with Gasteiger partial charge in [0.25, 0.3) is 25.8 Å². The topological polar surface area (TPSA) is 166 Å². The van der Waals surface area contributed by atoms with Crippen molar-refractivity contribution in [3.63, 3.8) is 0 Å². The summed E-state index contributed by atoms with van der Waals surface area (Å²) in [5, 5.41) is 3.70. The van der Waals surface area contributed by atoms with Crippen LogP contribution in [-0.2, 0) is 28.9 Å². The Morgan fingerprint density at radius 1 is 0.917 bits per heavy atom. The molecule has 13 nitrogen and oxygen atoms in total. The number of carbonyl (C=O) groups is 1. The third-order valence-electron chi connectivity index (χ3n) is 13.6. The Bertz CT molecular complexity index is 2810. The highest BCUT2D eigenvalue weighted by molar-refractivity contribution is 7.99. The molecule has 0 radical (unpaired) electrons. The highest BCUT2D eigenvalue weighted by Crippen LogP contribution is 2.46. The molecule has 4 aromatic rings. The second-order valence-electron chi connectivity index (χ2n) is 19.6. The fourth-order valence-corrected chi connectivity index (χ4v) is 14.3. The van der Waals surface area contributed by atoms with Crippen LogP contribution in [0, 0.1) is 11.3 Å². The molecule has 0 saturated carbocycles. The first-order valence-electron chi connectivity index (χ1n) is 24.2. The number of nitrogens with one attached hydrogen (secondary N) is 2. The number of rotatable bonds is 20. The molecule has 3 N–H and O–H groups in total. The number of benzene rings is 4. The summed E-state index contributed by atoms with van der Waals surface area (Å²) in [4.78, 5) is 29.1. The number of hydrogen-bond acceptors (Lipinski definition) is 12. The van der Waals surface area contributed by atoms with Crippen molar-refractivity contribution in [3.05, 3.63) is 119 Å². The number of carbonyl (C=O) groups excluding carboxylic acids is 1. The summed E-state index contributed by atoms with van der Waals surface area (Å²) in [6.45, 7) is 12.0. The van der Waals surface area contributed by atoms with Crippen LogP contribution in [0.25, 0.3) is 5.57 Å². The van der Waals surface area contributed by atoms with E-state index in [1.165, 1.54) is 40.6 Å². The Morgan fingerprint density at radius 2 is 1.58 bits per heavy atom. The monoisotopic (exact) mass is 1090 g/mol. The second kappa shape index (κ2) is 23.7. The van der Waals surface area contributed by atoms with Crippen LogP contribution in [-0.4, -0.2) is 120 Å². The normalized spacial score (nSPS) is 18.9. The predicted molar refractivity (Wildman–Crippen MR) is 280 cm³/mol. The number of piperazine rings is 1. The molecular weight excluding hydrogens is 1030 g/mol. The van der Waals surface area contributed by atoms with E-state index in [4.69, 9.17) is 16.1 Å². The van der Waals surface area contributed by atoms with Crippen molar-refractivity contribution in [1.82, 2.24) is 14.5 Å². The van der Waals surface area contributed by atoms with E-state index in [1.807, 2.05) is 47.2 Å². The number of nitrogens with zero attached hydrogens (tertiary/aromatic N) is 3. The van der Waals surface area contributed by atoms with Gasteiger partial charge in [-0.25, -0.2) is 21.6 Å². The molecule has 392 valence electrons. The SMILES string of the molecule is CCOP(=O)(O)CC1CCN(CC[C@H](CSc2ccccc2)Nc2ccc(S(=O)(=O)NC(=O)c3ccc(N4CCN(CC5=C(c6ccc(Cl)cc6)CCC(C)(C)C5)CC4)cc3)cc2S(=O)(=O)C(F)(F)F)CC1. The zero-order valence-corrected chi connectivity index (χ0v) is 44.8. The van der Waals surface area contributed by atoms with Crippen molar-refractivity contribution in [1.29, 1.82) is 0 Å². The van der Waals surface area contributed by atoms with Crippen LogP contribution >= 0.6 is 31.0 Å². The molecule has 1 aliphatic carbocycles. The molecule has 2 atom stereocenters. The molecule has 7 rings (SSSR count). The highest BCUT2D eigenvalue weighted by atomic mass is 35.5. The number of piperidine rings is 1. The number of thioether (sulfide) groups is 1. The maximum Gasteiger partial charge on any atom is 0.501 e. The first kappa shape index (κ1) is 55.8. The summed E-state index contributed by atoms with van der Waals surface area (Å²) >= 11 is 7.61. The maximum atomic E-state index is 14.3. The summed E-state index contributed by atoms with van der Waals surface area (Å²) in [6, 6.07) is 25.5. The molecule has 3 aliphatic rings. The lowest BCUT2D eigenvalue weighted by atomic mass is 9.73. The van der Waals surface area contributed by atoms with Crippen LogP contribution in [0.4, 0.5) is 24.5 Å². The number of amides is 1. The molecule has 1 amide bonds. The van der Waals surface area contributed by atoms with Crippen molar-refractivity contribution in [2.75, 3.05) is 81.1 Å². The Hall–Kier alpha value is -3.91.